The molecule has 4 nitrogen and oxygen atoms in total. The molecule has 0 heterocycles. The summed E-state index contributed by atoms with van der Waals surface area (Å²) >= 11 is 6.04. The summed E-state index contributed by atoms with van der Waals surface area (Å²) in [5.74, 6) is 0.795. The molecule has 0 aromatic heterocycles. The standard InChI is InChI=1S/C17H19ClN2O2/c1-22-15-8-6-14(7-9-15)19-11-10-17(21)20-12-13-4-2-3-5-16(13)18/h2-9,19H,10-12H2,1H3,(H,20,21). The first-order chi connectivity index (χ1) is 10.7. The third-order valence-electron chi connectivity index (χ3n) is 3.21. The predicted molar refractivity (Wildman–Crippen MR) is 89.4 cm³/mol. The lowest BCUT2D eigenvalue weighted by Crippen LogP contribution is -2.25. The molecule has 0 aliphatic rings. The van der Waals surface area contributed by atoms with Crippen molar-refractivity contribution >= 4 is 23.2 Å². The van der Waals surface area contributed by atoms with Gasteiger partial charge in [0.1, 0.15) is 5.75 Å². The van der Waals surface area contributed by atoms with Crippen LogP contribution in [0.2, 0.25) is 5.02 Å². The molecule has 0 unspecified atom stereocenters. The summed E-state index contributed by atoms with van der Waals surface area (Å²) in [7, 11) is 1.63. The number of ether oxygens (including phenoxy) is 1. The predicted octanol–water partition coefficient (Wildman–Crippen LogP) is 3.47. The average molecular weight is 319 g/mol. The van der Waals surface area contributed by atoms with E-state index in [2.05, 4.69) is 10.6 Å². The van der Waals surface area contributed by atoms with Crippen molar-refractivity contribution in [3.63, 3.8) is 0 Å². The van der Waals surface area contributed by atoms with Gasteiger partial charge in [0.2, 0.25) is 5.91 Å². The molecule has 0 saturated heterocycles. The Morgan fingerprint density at radius 3 is 2.55 bits per heavy atom. The molecule has 2 aromatic rings. The molecule has 0 bridgehead atoms. The Kier molecular flexibility index (Phi) is 6.10. The molecular formula is C17H19ClN2O2. The van der Waals surface area contributed by atoms with Gasteiger partial charge in [-0.15, -0.1) is 0 Å². The molecule has 0 aliphatic heterocycles. The third kappa shape index (κ3) is 4.97. The van der Waals surface area contributed by atoms with Gasteiger partial charge in [-0.2, -0.15) is 0 Å². The van der Waals surface area contributed by atoms with Crippen molar-refractivity contribution < 1.29 is 9.53 Å². The van der Waals surface area contributed by atoms with Crippen molar-refractivity contribution in [2.24, 2.45) is 0 Å². The second-order valence-electron chi connectivity index (χ2n) is 4.77. The van der Waals surface area contributed by atoms with Crippen molar-refractivity contribution in [2.75, 3.05) is 19.0 Å². The molecule has 0 radical (unpaired) electrons. The fraction of sp³-hybridized carbons (Fsp3) is 0.235. The van der Waals surface area contributed by atoms with Gasteiger partial charge in [0, 0.05) is 30.2 Å². The lowest BCUT2D eigenvalue weighted by Gasteiger charge is -2.09. The van der Waals surface area contributed by atoms with E-state index in [1.54, 1.807) is 7.11 Å². The van der Waals surface area contributed by atoms with Crippen molar-refractivity contribution in [3.05, 3.63) is 59.1 Å². The van der Waals surface area contributed by atoms with Gasteiger partial charge in [-0.05, 0) is 35.9 Å². The first kappa shape index (κ1) is 16.2. The number of hydrogen-bond acceptors (Lipinski definition) is 3. The van der Waals surface area contributed by atoms with E-state index in [0.29, 0.717) is 24.5 Å². The second kappa shape index (κ2) is 8.29. The maximum atomic E-state index is 11.8. The topological polar surface area (TPSA) is 50.4 Å². The maximum absolute atomic E-state index is 11.8. The van der Waals surface area contributed by atoms with Crippen molar-refractivity contribution in [2.45, 2.75) is 13.0 Å². The maximum Gasteiger partial charge on any atom is 0.222 e. The van der Waals surface area contributed by atoms with E-state index in [0.717, 1.165) is 17.0 Å². The molecule has 0 aliphatic carbocycles. The fourth-order valence-electron chi connectivity index (χ4n) is 1.95. The van der Waals surface area contributed by atoms with Gasteiger partial charge in [0.05, 0.1) is 7.11 Å². The zero-order valence-corrected chi connectivity index (χ0v) is 13.2. The molecule has 0 saturated carbocycles. The molecular weight excluding hydrogens is 300 g/mol. The van der Waals surface area contributed by atoms with Gasteiger partial charge in [-0.1, -0.05) is 29.8 Å². The van der Waals surface area contributed by atoms with Crippen LogP contribution in [0.5, 0.6) is 5.75 Å². The Balaban J connectivity index is 1.70. The Morgan fingerprint density at radius 2 is 1.86 bits per heavy atom. The summed E-state index contributed by atoms with van der Waals surface area (Å²) in [5.41, 5.74) is 1.88. The van der Waals surface area contributed by atoms with Gasteiger partial charge < -0.3 is 15.4 Å². The number of carbonyl (C=O) groups is 1. The van der Waals surface area contributed by atoms with E-state index in [-0.39, 0.29) is 5.91 Å². The minimum atomic E-state index is -0.0130. The number of methoxy groups -OCH3 is 1. The molecule has 22 heavy (non-hydrogen) atoms. The van der Waals surface area contributed by atoms with Crippen molar-refractivity contribution in [1.29, 1.82) is 0 Å². The Bertz CT molecular complexity index is 614. The van der Waals surface area contributed by atoms with Crippen LogP contribution in [0.1, 0.15) is 12.0 Å². The normalized spacial score (nSPS) is 10.1. The number of carbonyl (C=O) groups excluding carboxylic acids is 1. The molecule has 2 aromatic carbocycles. The third-order valence-corrected chi connectivity index (χ3v) is 3.57. The van der Waals surface area contributed by atoms with Crippen LogP contribution in [0, 0.1) is 0 Å². The van der Waals surface area contributed by atoms with Gasteiger partial charge in [-0.3, -0.25) is 4.79 Å². The van der Waals surface area contributed by atoms with Crippen LogP contribution >= 0.6 is 11.6 Å². The number of benzene rings is 2. The molecule has 1 amide bonds. The molecule has 2 rings (SSSR count). The van der Waals surface area contributed by atoms with E-state index < -0.39 is 0 Å². The molecule has 0 spiro atoms. The molecule has 0 fully saturated rings. The van der Waals surface area contributed by atoms with Crippen molar-refractivity contribution in [3.8, 4) is 5.75 Å². The molecule has 5 heteroatoms. The van der Waals surface area contributed by atoms with Crippen LogP contribution in [0.4, 0.5) is 5.69 Å². The van der Waals surface area contributed by atoms with Crippen LogP contribution in [-0.4, -0.2) is 19.6 Å². The smallest absolute Gasteiger partial charge is 0.222 e. The van der Waals surface area contributed by atoms with E-state index in [1.165, 1.54) is 0 Å². The van der Waals surface area contributed by atoms with Crippen molar-refractivity contribution in [1.82, 2.24) is 5.32 Å². The molecule has 116 valence electrons. The summed E-state index contributed by atoms with van der Waals surface area (Å²) < 4.78 is 5.09. The van der Waals surface area contributed by atoms with Crippen LogP contribution in [0.15, 0.2) is 48.5 Å². The van der Waals surface area contributed by atoms with Crippen LogP contribution in [0.3, 0.4) is 0 Å². The fourth-order valence-corrected chi connectivity index (χ4v) is 2.16. The number of halogens is 1. The van der Waals surface area contributed by atoms with Crippen LogP contribution < -0.4 is 15.4 Å². The Morgan fingerprint density at radius 1 is 1.14 bits per heavy atom. The lowest BCUT2D eigenvalue weighted by atomic mass is 10.2. The lowest BCUT2D eigenvalue weighted by molar-refractivity contribution is -0.121. The zero-order chi connectivity index (χ0) is 15.8. The number of rotatable bonds is 7. The van der Waals surface area contributed by atoms with Gasteiger partial charge >= 0.3 is 0 Å². The highest BCUT2D eigenvalue weighted by Gasteiger charge is 2.03. The zero-order valence-electron chi connectivity index (χ0n) is 12.4. The summed E-state index contributed by atoms with van der Waals surface area (Å²) in [6, 6.07) is 15.1. The largest absolute Gasteiger partial charge is 0.497 e. The summed E-state index contributed by atoms with van der Waals surface area (Å²) in [6.07, 6.45) is 0.399. The van der Waals surface area contributed by atoms with E-state index in [4.69, 9.17) is 16.3 Å². The van der Waals surface area contributed by atoms with E-state index in [9.17, 15) is 4.79 Å². The quantitative estimate of drug-likeness (QED) is 0.822. The summed E-state index contributed by atoms with van der Waals surface area (Å²) in [5, 5.41) is 6.72. The highest BCUT2D eigenvalue weighted by molar-refractivity contribution is 6.31. The Labute approximate surface area is 135 Å². The number of anilines is 1. The van der Waals surface area contributed by atoms with Gasteiger partial charge in [0.25, 0.3) is 0 Å². The molecule has 0 atom stereocenters. The molecule has 2 N–H and O–H groups in total. The van der Waals surface area contributed by atoms with E-state index >= 15 is 0 Å². The summed E-state index contributed by atoms with van der Waals surface area (Å²) in [6.45, 7) is 1.02. The highest BCUT2D eigenvalue weighted by atomic mass is 35.5. The SMILES string of the molecule is COc1ccc(NCCC(=O)NCc2ccccc2Cl)cc1. The first-order valence-electron chi connectivity index (χ1n) is 7.07. The van der Waals surface area contributed by atoms with Gasteiger partial charge in [-0.25, -0.2) is 0 Å². The number of nitrogens with one attached hydrogen (secondary N) is 2. The van der Waals surface area contributed by atoms with E-state index in [1.807, 2.05) is 48.5 Å². The first-order valence-corrected chi connectivity index (χ1v) is 7.45. The minimum absolute atomic E-state index is 0.0130. The highest BCUT2D eigenvalue weighted by Crippen LogP contribution is 2.15. The number of hydrogen-bond donors (Lipinski definition) is 2. The summed E-state index contributed by atoms with van der Waals surface area (Å²) in [4.78, 5) is 11.8. The average Bonchev–Trinajstić information content (AvgIpc) is 2.55. The van der Waals surface area contributed by atoms with Crippen LogP contribution in [0.25, 0.3) is 0 Å². The monoisotopic (exact) mass is 318 g/mol. The minimum Gasteiger partial charge on any atom is -0.497 e. The van der Waals surface area contributed by atoms with Gasteiger partial charge in [0.15, 0.2) is 0 Å². The Hall–Kier alpha value is -2.20. The number of amides is 1. The van der Waals surface area contributed by atoms with Crippen LogP contribution in [-0.2, 0) is 11.3 Å². The second-order valence-corrected chi connectivity index (χ2v) is 5.18.